The van der Waals surface area contributed by atoms with E-state index in [2.05, 4.69) is 33.8 Å². The summed E-state index contributed by atoms with van der Waals surface area (Å²) in [6.07, 6.45) is -37.7. The molecule has 5 heterocycles. The number of carbonyl (C=O) groups excluding carboxylic acids is 1. The average molecular weight is 1290 g/mol. The monoisotopic (exact) mass is 1280 g/mol. The van der Waals surface area contributed by atoms with Gasteiger partial charge in [0.25, 0.3) is 0 Å². The van der Waals surface area contributed by atoms with E-state index in [1.165, 1.54) is 13.8 Å². The molecule has 0 aromatic heterocycles. The third-order valence-corrected chi connectivity index (χ3v) is 22.6. The Morgan fingerprint density at radius 3 is 1.54 bits per heavy atom. The maximum Gasteiger partial charge on any atom is 0.187 e. The molecule has 29 nitrogen and oxygen atoms in total. The topological polar surface area (TPSA) is 474 Å². The third kappa shape index (κ3) is 12.9. The van der Waals surface area contributed by atoms with Crippen LogP contribution in [0, 0.1) is 45.3 Å². The van der Waals surface area contributed by atoms with Gasteiger partial charge in [-0.2, -0.15) is 0 Å². The summed E-state index contributed by atoms with van der Waals surface area (Å²) in [5, 5.41) is 192. The molecule has 0 aromatic rings. The minimum absolute atomic E-state index is 0.00532. The molecule has 5 saturated heterocycles. The van der Waals surface area contributed by atoms with Crippen LogP contribution in [0.15, 0.2) is 11.6 Å². The molecule has 3 saturated carbocycles. The lowest BCUT2D eigenvalue weighted by atomic mass is 9.38. The molecule has 514 valence electrons. The van der Waals surface area contributed by atoms with Crippen molar-refractivity contribution < 1.29 is 144 Å². The van der Waals surface area contributed by atoms with Gasteiger partial charge in [-0.3, -0.25) is 4.79 Å². The van der Waals surface area contributed by atoms with Crippen LogP contribution in [0.2, 0.25) is 0 Å². The summed E-state index contributed by atoms with van der Waals surface area (Å²) in [7, 11) is 0. The number of aliphatic hydroxyl groups excluding tert-OH is 17. The summed E-state index contributed by atoms with van der Waals surface area (Å²) in [4.78, 5) is 15.4. The Morgan fingerprint density at radius 2 is 1.00 bits per heavy atom. The van der Waals surface area contributed by atoms with Crippen LogP contribution < -0.4 is 0 Å². The Balaban J connectivity index is 0.885. The van der Waals surface area contributed by atoms with Crippen molar-refractivity contribution in [3.63, 3.8) is 0 Å². The molecular formula is C60H100O29. The molecule has 0 bridgehead atoms. The van der Waals surface area contributed by atoms with Crippen LogP contribution in [0.5, 0.6) is 0 Å². The predicted molar refractivity (Wildman–Crippen MR) is 299 cm³/mol. The fourth-order valence-corrected chi connectivity index (χ4v) is 16.8. The van der Waals surface area contributed by atoms with E-state index in [-0.39, 0.29) is 47.7 Å². The van der Waals surface area contributed by atoms with Crippen molar-refractivity contribution in [1.82, 2.24) is 0 Å². The quantitative estimate of drug-likeness (QED) is 0.0507. The molecule has 9 rings (SSSR count). The van der Waals surface area contributed by atoms with E-state index in [0.717, 1.165) is 18.4 Å². The SMILES string of the molecule is C[C@H](CC[C@@H](O[C@@H]1O[C@H](CO[C@@H]2O[C@H](CO)[C@@H](O)[C@H](O)[C@H]2O)[C@@H](O)[C@H](O)[C@H]1O[C@@H]1O[C@H](CO)[C@@H](O)[C@H](O)[C@H]1O)C(C)(C)O)[C@H]1CC[C@@]2(C)[C@@H]3CC=C4[C@@H](CC[C@H](O[C@@H]5O[C@H](CO)[C@@H](O[C@@H]6O[C@H](CO)[C@@H](O)[C@H](O)[C@H]6O)[C@H](O)[C@H]5O)C4(C)C)[C@]3(C)C(=O)C[C@]12C. The number of carbonyl (C=O) groups is 1. The molecule has 0 amide bonds. The third-order valence-electron chi connectivity index (χ3n) is 22.6. The zero-order valence-corrected chi connectivity index (χ0v) is 51.7. The van der Waals surface area contributed by atoms with E-state index in [4.69, 9.17) is 47.4 Å². The van der Waals surface area contributed by atoms with Crippen molar-refractivity contribution in [1.29, 1.82) is 0 Å². The number of allylic oxidation sites excluding steroid dienone is 1. The van der Waals surface area contributed by atoms with Gasteiger partial charge in [-0.15, -0.1) is 0 Å². The second-order valence-electron chi connectivity index (χ2n) is 28.5. The fourth-order valence-electron chi connectivity index (χ4n) is 16.8. The van der Waals surface area contributed by atoms with E-state index in [0.29, 0.717) is 25.7 Å². The first-order valence-electron chi connectivity index (χ1n) is 31.4. The second-order valence-corrected chi connectivity index (χ2v) is 28.5. The zero-order valence-electron chi connectivity index (χ0n) is 51.7. The summed E-state index contributed by atoms with van der Waals surface area (Å²) >= 11 is 0. The van der Waals surface area contributed by atoms with Gasteiger partial charge in [-0.05, 0) is 93.3 Å². The summed E-state index contributed by atoms with van der Waals surface area (Å²) in [5.41, 5.74) is -2.96. The van der Waals surface area contributed by atoms with Gasteiger partial charge >= 0.3 is 0 Å². The van der Waals surface area contributed by atoms with Gasteiger partial charge in [-0.1, -0.05) is 53.2 Å². The molecule has 0 unspecified atom stereocenters. The Morgan fingerprint density at radius 1 is 0.539 bits per heavy atom. The summed E-state index contributed by atoms with van der Waals surface area (Å²) in [6, 6.07) is 0. The van der Waals surface area contributed by atoms with Gasteiger partial charge in [0.1, 0.15) is 128 Å². The number of ether oxygens (including phenoxy) is 10. The number of rotatable bonds is 20. The van der Waals surface area contributed by atoms with Crippen LogP contribution >= 0.6 is 0 Å². The Bertz CT molecular complexity index is 2390. The van der Waals surface area contributed by atoms with Crippen molar-refractivity contribution in [2.45, 2.75) is 278 Å². The molecule has 89 heavy (non-hydrogen) atoms. The van der Waals surface area contributed by atoms with Gasteiger partial charge in [0, 0.05) is 17.3 Å². The highest BCUT2D eigenvalue weighted by molar-refractivity contribution is 5.88. The molecular weight excluding hydrogens is 1180 g/mol. The van der Waals surface area contributed by atoms with E-state index >= 15 is 4.79 Å². The molecule has 0 radical (unpaired) electrons. The van der Waals surface area contributed by atoms with Gasteiger partial charge in [0.15, 0.2) is 31.5 Å². The first kappa shape index (κ1) is 71.6. The van der Waals surface area contributed by atoms with Crippen LogP contribution in [0.25, 0.3) is 0 Å². The molecule has 29 heteroatoms. The maximum absolute atomic E-state index is 15.4. The number of aliphatic hydroxyl groups is 18. The largest absolute Gasteiger partial charge is 0.394 e. The smallest absolute Gasteiger partial charge is 0.187 e. The molecule has 0 spiro atoms. The van der Waals surface area contributed by atoms with Crippen LogP contribution in [-0.4, -0.2) is 302 Å². The summed E-state index contributed by atoms with van der Waals surface area (Å²) in [6.45, 7) is 12.0. The van der Waals surface area contributed by atoms with Crippen molar-refractivity contribution in [2.75, 3.05) is 33.0 Å². The van der Waals surface area contributed by atoms with E-state index in [9.17, 15) is 91.9 Å². The molecule has 9 aliphatic rings. The number of fused-ring (bicyclic) bond motifs is 5. The van der Waals surface area contributed by atoms with Crippen molar-refractivity contribution in [3.05, 3.63) is 11.6 Å². The first-order chi connectivity index (χ1) is 41.7. The molecule has 34 atom stereocenters. The van der Waals surface area contributed by atoms with E-state index in [1.54, 1.807) is 0 Å². The van der Waals surface area contributed by atoms with Gasteiger partial charge < -0.3 is 139 Å². The molecule has 0 aromatic carbocycles. The van der Waals surface area contributed by atoms with Crippen molar-refractivity contribution >= 4 is 5.78 Å². The minimum Gasteiger partial charge on any atom is -0.394 e. The summed E-state index contributed by atoms with van der Waals surface area (Å²) < 4.78 is 59.4. The highest BCUT2D eigenvalue weighted by atomic mass is 16.8. The highest BCUT2D eigenvalue weighted by Gasteiger charge is 2.71. The van der Waals surface area contributed by atoms with Gasteiger partial charge in [0.05, 0.1) is 50.8 Å². The van der Waals surface area contributed by atoms with Crippen molar-refractivity contribution in [2.24, 2.45) is 45.3 Å². The lowest BCUT2D eigenvalue weighted by Gasteiger charge is -2.65. The Labute approximate surface area is 516 Å². The first-order valence-corrected chi connectivity index (χ1v) is 31.4. The maximum atomic E-state index is 15.4. The number of Topliss-reactive ketones (excluding diaryl/α,β-unsaturated/α-hetero) is 1. The lowest BCUT2D eigenvalue weighted by molar-refractivity contribution is -0.380. The molecule has 8 fully saturated rings. The Kier molecular flexibility index (Phi) is 22.1. The normalized spacial score (nSPS) is 51.0. The van der Waals surface area contributed by atoms with E-state index in [1.807, 2.05) is 13.8 Å². The van der Waals surface area contributed by atoms with Gasteiger partial charge in [-0.25, -0.2) is 0 Å². The minimum atomic E-state index is -1.97. The lowest BCUT2D eigenvalue weighted by Crippen LogP contribution is -2.65. The van der Waals surface area contributed by atoms with Crippen LogP contribution in [0.3, 0.4) is 0 Å². The number of ketones is 1. The predicted octanol–water partition coefficient (Wildman–Crippen LogP) is -5.20. The molecule has 18 N–H and O–H groups in total. The second kappa shape index (κ2) is 27.4. The standard InChI is InChI=1S/C60H100O29/c1-23(9-13-35(57(4,5)79)87-55-50(89-54-47(77)42(72)38(68)29(20-63)83-54)43(73)39(69)31(85-55)22-80-51-45(75)40(70)36(66)27(18-61)81-51)24-15-16-58(6)32-12-10-25-26(60(32,8)33(65)17-59(24,58)7)11-14-34(56(25,2)3)86-52-48(78)44(74)49(30(21-64)84-52)88-53-46(76)41(71)37(67)28(19-62)82-53/h10,23-24,26-32,34-55,61-64,66-79H,9,11-22H2,1-8H3/t23-,24-,26-,27-,28-,29-,30-,31-,32+,34+,35-,36-,37-,38-,39-,40+,41+,42+,43+,44-,45-,46-,47-,48-,49-,50-,51-,52+,53+,54+,55+,58+,59-,60+/m1/s1. The van der Waals surface area contributed by atoms with Crippen LogP contribution in [0.4, 0.5) is 0 Å². The average Bonchev–Trinajstić information content (AvgIpc) is 1.66. The number of hydrogen-bond acceptors (Lipinski definition) is 29. The molecule has 5 aliphatic heterocycles. The van der Waals surface area contributed by atoms with E-state index < -0.39 is 221 Å². The van der Waals surface area contributed by atoms with Crippen LogP contribution in [-0.2, 0) is 52.2 Å². The van der Waals surface area contributed by atoms with Crippen LogP contribution in [0.1, 0.15) is 107 Å². The molecule has 4 aliphatic carbocycles. The highest BCUT2D eigenvalue weighted by Crippen LogP contribution is 2.74. The Hall–Kier alpha value is -1.71. The zero-order chi connectivity index (χ0) is 65.5. The number of hydrogen-bond donors (Lipinski definition) is 18. The summed E-state index contributed by atoms with van der Waals surface area (Å²) in [5.74, 6) is -0.178. The van der Waals surface area contributed by atoms with Gasteiger partial charge in [0.2, 0.25) is 0 Å². The fraction of sp³-hybridized carbons (Fsp3) is 0.950. The van der Waals surface area contributed by atoms with Crippen molar-refractivity contribution in [3.8, 4) is 0 Å².